The zero-order chi connectivity index (χ0) is 17.2. The molecule has 0 spiro atoms. The van der Waals surface area contributed by atoms with Crippen molar-refractivity contribution in [3.8, 4) is 0 Å². The molecule has 3 N–H and O–H groups in total. The van der Waals surface area contributed by atoms with E-state index in [2.05, 4.69) is 30.8 Å². The van der Waals surface area contributed by atoms with Gasteiger partial charge in [0.05, 0.1) is 17.3 Å². The highest BCUT2D eigenvalue weighted by Crippen LogP contribution is 2.38. The highest BCUT2D eigenvalue weighted by molar-refractivity contribution is 5.91. The average molecular weight is 336 g/mol. The first kappa shape index (κ1) is 15.6. The number of hydrogen-bond acceptors (Lipinski definition) is 4. The van der Waals surface area contributed by atoms with Gasteiger partial charge < -0.3 is 5.32 Å². The number of urea groups is 1. The second-order valence-corrected chi connectivity index (χ2v) is 6.43. The van der Waals surface area contributed by atoms with Crippen LogP contribution in [0.3, 0.4) is 0 Å². The van der Waals surface area contributed by atoms with Gasteiger partial charge in [0.2, 0.25) is 0 Å². The maximum Gasteiger partial charge on any atom is 0.320 e. The molecule has 0 radical (unpaired) electrons. The Hall–Kier alpha value is -2.96. The van der Waals surface area contributed by atoms with Crippen molar-refractivity contribution in [1.29, 1.82) is 0 Å². The quantitative estimate of drug-likeness (QED) is 0.679. The number of fused-ring (bicyclic) bond motifs is 1. The van der Waals surface area contributed by atoms with E-state index in [9.17, 15) is 4.79 Å². The van der Waals surface area contributed by atoms with Crippen LogP contribution in [-0.2, 0) is 0 Å². The molecule has 0 unspecified atom stereocenters. The zero-order valence-electron chi connectivity index (χ0n) is 14.0. The fourth-order valence-electron chi connectivity index (χ4n) is 3.06. The van der Waals surface area contributed by atoms with Crippen LogP contribution >= 0.6 is 0 Å². The van der Waals surface area contributed by atoms with Gasteiger partial charge in [-0.25, -0.2) is 9.78 Å². The van der Waals surface area contributed by atoms with Crippen molar-refractivity contribution in [2.75, 3.05) is 5.32 Å². The van der Waals surface area contributed by atoms with Crippen molar-refractivity contribution >= 4 is 22.8 Å². The van der Waals surface area contributed by atoms with E-state index in [1.54, 1.807) is 18.5 Å². The summed E-state index contributed by atoms with van der Waals surface area (Å²) in [6, 6.07) is 6.89. The van der Waals surface area contributed by atoms with Crippen LogP contribution in [0.4, 0.5) is 10.6 Å². The molecule has 0 aliphatic heterocycles. The lowest BCUT2D eigenvalue weighted by Gasteiger charge is -2.24. The number of H-pyrrole nitrogens is 1. The van der Waals surface area contributed by atoms with Crippen LogP contribution in [0, 0.1) is 0 Å². The lowest BCUT2D eigenvalue weighted by Crippen LogP contribution is -2.31. The summed E-state index contributed by atoms with van der Waals surface area (Å²) < 4.78 is 0. The van der Waals surface area contributed by atoms with Crippen LogP contribution in [0.1, 0.15) is 49.5 Å². The first-order valence-corrected chi connectivity index (χ1v) is 8.53. The van der Waals surface area contributed by atoms with E-state index in [0.717, 1.165) is 22.3 Å². The predicted octanol–water partition coefficient (Wildman–Crippen LogP) is 3.50. The first-order valence-electron chi connectivity index (χ1n) is 8.53. The van der Waals surface area contributed by atoms with E-state index in [0.29, 0.717) is 11.7 Å². The molecule has 1 atom stereocenters. The number of anilines is 1. The summed E-state index contributed by atoms with van der Waals surface area (Å²) in [5.74, 6) is 1.04. The summed E-state index contributed by atoms with van der Waals surface area (Å²) in [6.45, 7) is 1.89. The monoisotopic (exact) mass is 336 g/mol. The lowest BCUT2D eigenvalue weighted by atomic mass is 9.82. The van der Waals surface area contributed by atoms with Gasteiger partial charge in [0.25, 0.3) is 0 Å². The van der Waals surface area contributed by atoms with Crippen molar-refractivity contribution < 1.29 is 4.79 Å². The second-order valence-electron chi connectivity index (χ2n) is 6.43. The molecule has 25 heavy (non-hydrogen) atoms. The van der Waals surface area contributed by atoms with Gasteiger partial charge in [-0.2, -0.15) is 5.10 Å². The molecule has 7 nitrogen and oxygen atoms in total. The van der Waals surface area contributed by atoms with E-state index < -0.39 is 0 Å². The number of pyridine rings is 2. The number of amides is 2. The van der Waals surface area contributed by atoms with Crippen LogP contribution in [-0.4, -0.2) is 26.2 Å². The van der Waals surface area contributed by atoms with E-state index in [1.807, 2.05) is 25.1 Å². The van der Waals surface area contributed by atoms with Crippen LogP contribution in [0.5, 0.6) is 0 Å². The minimum atomic E-state index is -0.320. The Morgan fingerprint density at radius 1 is 1.32 bits per heavy atom. The number of hydrogen-bond donors (Lipinski definition) is 3. The van der Waals surface area contributed by atoms with Crippen LogP contribution < -0.4 is 10.6 Å². The molecule has 3 heterocycles. The third-order valence-corrected chi connectivity index (χ3v) is 4.70. The van der Waals surface area contributed by atoms with E-state index >= 15 is 0 Å². The van der Waals surface area contributed by atoms with E-state index in [-0.39, 0.29) is 12.1 Å². The van der Waals surface area contributed by atoms with Crippen molar-refractivity contribution in [1.82, 2.24) is 25.5 Å². The van der Waals surface area contributed by atoms with Gasteiger partial charge in [-0.3, -0.25) is 15.4 Å². The number of aromatic nitrogens is 4. The molecule has 0 aromatic carbocycles. The number of aromatic amines is 1. The molecule has 128 valence electrons. The summed E-state index contributed by atoms with van der Waals surface area (Å²) in [4.78, 5) is 20.8. The molecule has 1 fully saturated rings. The molecule has 1 aliphatic rings. The molecule has 0 saturated heterocycles. The average Bonchev–Trinajstić information content (AvgIpc) is 2.97. The first-order chi connectivity index (χ1) is 12.2. The Balaban J connectivity index is 1.44. The third kappa shape index (κ3) is 3.17. The minimum Gasteiger partial charge on any atom is -0.330 e. The van der Waals surface area contributed by atoms with Gasteiger partial charge in [0.1, 0.15) is 5.82 Å². The number of rotatable bonds is 4. The normalized spacial score (nSPS) is 15.6. The number of carbonyl (C=O) groups is 1. The molecular weight excluding hydrogens is 316 g/mol. The van der Waals surface area contributed by atoms with Gasteiger partial charge in [-0.15, -0.1) is 0 Å². The third-order valence-electron chi connectivity index (χ3n) is 4.70. The van der Waals surface area contributed by atoms with Crippen molar-refractivity contribution in [2.45, 2.75) is 38.1 Å². The van der Waals surface area contributed by atoms with Crippen molar-refractivity contribution in [2.24, 2.45) is 0 Å². The second kappa shape index (κ2) is 6.51. The molecule has 2 amide bonds. The molecular formula is C18H20N6O. The van der Waals surface area contributed by atoms with Crippen molar-refractivity contribution in [3.63, 3.8) is 0 Å². The van der Waals surface area contributed by atoms with E-state index in [1.165, 1.54) is 19.3 Å². The Bertz CT molecular complexity index is 887. The highest BCUT2D eigenvalue weighted by Gasteiger charge is 2.23. The topological polar surface area (TPSA) is 95.6 Å². The van der Waals surface area contributed by atoms with Crippen LogP contribution in [0.15, 0.2) is 36.7 Å². The Labute approximate surface area is 145 Å². The van der Waals surface area contributed by atoms with Gasteiger partial charge in [0.15, 0.2) is 0 Å². The Morgan fingerprint density at radius 3 is 2.92 bits per heavy atom. The largest absolute Gasteiger partial charge is 0.330 e. The maximum absolute atomic E-state index is 12.2. The molecule has 1 aliphatic carbocycles. The molecule has 0 bridgehead atoms. The predicted molar refractivity (Wildman–Crippen MR) is 95.3 cm³/mol. The minimum absolute atomic E-state index is 0.194. The smallest absolute Gasteiger partial charge is 0.320 e. The molecule has 1 saturated carbocycles. The van der Waals surface area contributed by atoms with Crippen molar-refractivity contribution in [3.05, 3.63) is 48.0 Å². The summed E-state index contributed by atoms with van der Waals surface area (Å²) in [7, 11) is 0. The fraction of sp³-hybridized carbons (Fsp3) is 0.333. The zero-order valence-corrected chi connectivity index (χ0v) is 14.0. The molecule has 4 rings (SSSR count). The van der Waals surface area contributed by atoms with E-state index in [4.69, 9.17) is 0 Å². The van der Waals surface area contributed by atoms with Gasteiger partial charge in [-0.05, 0) is 31.9 Å². The Morgan fingerprint density at radius 2 is 2.20 bits per heavy atom. The van der Waals surface area contributed by atoms with Crippen LogP contribution in [0.25, 0.3) is 10.9 Å². The van der Waals surface area contributed by atoms with Gasteiger partial charge >= 0.3 is 6.03 Å². The SMILES string of the molecule is C[C@@H](NC(=O)Nc1cc2n[nH]c(C3CCC3)c2cn1)c1ccccn1. The number of nitrogens with zero attached hydrogens (tertiary/aromatic N) is 3. The summed E-state index contributed by atoms with van der Waals surface area (Å²) in [5.41, 5.74) is 2.79. The Kier molecular flexibility index (Phi) is 4.05. The molecule has 7 heteroatoms. The lowest BCUT2D eigenvalue weighted by molar-refractivity contribution is 0.249. The fourth-order valence-corrected chi connectivity index (χ4v) is 3.06. The molecule has 3 aromatic heterocycles. The number of carbonyl (C=O) groups excluding carboxylic acids is 1. The maximum atomic E-state index is 12.2. The summed E-state index contributed by atoms with van der Waals surface area (Å²) >= 11 is 0. The highest BCUT2D eigenvalue weighted by atomic mass is 16.2. The summed E-state index contributed by atoms with van der Waals surface area (Å²) in [6.07, 6.45) is 7.16. The standard InChI is InChI=1S/C18H20N6O/c1-11(14-7-2-3-8-19-14)21-18(25)22-16-9-15-13(10-20-16)17(24-23-15)12-5-4-6-12/h2-3,7-12H,4-6H2,1H3,(H,23,24)(H2,20,21,22,25)/t11-/m1/s1. The number of nitrogens with one attached hydrogen (secondary N) is 3. The van der Waals surface area contributed by atoms with Crippen LogP contribution in [0.2, 0.25) is 0 Å². The summed E-state index contributed by atoms with van der Waals surface area (Å²) in [5, 5.41) is 14.1. The van der Waals surface area contributed by atoms with Gasteiger partial charge in [-0.1, -0.05) is 12.5 Å². The van der Waals surface area contributed by atoms with Gasteiger partial charge in [0, 0.05) is 35.5 Å². The molecule has 3 aromatic rings.